The van der Waals surface area contributed by atoms with Crippen molar-refractivity contribution in [2.24, 2.45) is 17.6 Å². The second-order valence-electron chi connectivity index (χ2n) is 9.52. The van der Waals surface area contributed by atoms with Crippen LogP contribution >= 0.6 is 0 Å². The van der Waals surface area contributed by atoms with E-state index in [1.807, 2.05) is 19.1 Å². The summed E-state index contributed by atoms with van der Waals surface area (Å²) >= 11 is 0. The normalized spacial score (nSPS) is 17.3. The number of imide groups is 1. The maximum atomic E-state index is 13.6. The van der Waals surface area contributed by atoms with Gasteiger partial charge in [-0.25, -0.2) is 4.90 Å². The number of aryl methyl sites for hydroxylation is 1. The molecule has 36 heavy (non-hydrogen) atoms. The van der Waals surface area contributed by atoms with Crippen LogP contribution in [0.5, 0.6) is 0 Å². The van der Waals surface area contributed by atoms with Gasteiger partial charge in [-0.15, -0.1) is 0 Å². The molecule has 2 atom stereocenters. The fourth-order valence-corrected chi connectivity index (χ4v) is 4.86. The fourth-order valence-electron chi connectivity index (χ4n) is 4.86. The average molecular weight is 484 g/mol. The Balaban J connectivity index is 1.61. The van der Waals surface area contributed by atoms with Crippen LogP contribution in [0.15, 0.2) is 78.9 Å². The van der Waals surface area contributed by atoms with Gasteiger partial charge < -0.3 is 11.1 Å². The van der Waals surface area contributed by atoms with Gasteiger partial charge >= 0.3 is 0 Å². The summed E-state index contributed by atoms with van der Waals surface area (Å²) in [6.45, 7) is 3.11. The van der Waals surface area contributed by atoms with Crippen molar-refractivity contribution in [3.05, 3.63) is 101 Å². The smallest absolute Gasteiger partial charge is 0.265 e. The zero-order valence-corrected chi connectivity index (χ0v) is 20.7. The molecule has 0 aromatic heterocycles. The summed E-state index contributed by atoms with van der Waals surface area (Å²) in [5.74, 6) is -0.171. The first-order valence-corrected chi connectivity index (χ1v) is 12.6. The molecule has 1 aliphatic carbocycles. The highest BCUT2D eigenvalue weighted by Gasteiger charge is 2.28. The molecule has 0 radical (unpaired) electrons. The second kappa shape index (κ2) is 11.8. The second-order valence-corrected chi connectivity index (χ2v) is 9.52. The van der Waals surface area contributed by atoms with Gasteiger partial charge in [-0.2, -0.15) is 0 Å². The maximum Gasteiger partial charge on any atom is 0.265 e. The number of rotatable bonds is 7. The van der Waals surface area contributed by atoms with Crippen LogP contribution in [0, 0.1) is 18.8 Å². The molecule has 1 fully saturated rings. The van der Waals surface area contributed by atoms with Crippen LogP contribution < -0.4 is 16.0 Å². The first-order valence-electron chi connectivity index (χ1n) is 12.6. The summed E-state index contributed by atoms with van der Waals surface area (Å²) < 4.78 is 0. The van der Waals surface area contributed by atoms with Crippen molar-refractivity contribution in [1.82, 2.24) is 5.32 Å². The molecule has 0 bridgehead atoms. The minimum absolute atomic E-state index is 0.217. The highest BCUT2D eigenvalue weighted by molar-refractivity contribution is 6.26. The summed E-state index contributed by atoms with van der Waals surface area (Å²) in [6, 6.07) is 22.5. The van der Waals surface area contributed by atoms with Crippen molar-refractivity contribution in [1.29, 1.82) is 0 Å². The topological polar surface area (TPSA) is 92.5 Å². The predicted molar refractivity (Wildman–Crippen MR) is 142 cm³/mol. The highest BCUT2D eigenvalue weighted by atomic mass is 16.2. The van der Waals surface area contributed by atoms with Gasteiger partial charge in [-0.1, -0.05) is 48.9 Å². The molecule has 0 heterocycles. The molecule has 0 saturated heterocycles. The number of nitrogens with one attached hydrogen (secondary N) is 1. The summed E-state index contributed by atoms with van der Waals surface area (Å²) in [4.78, 5) is 41.4. The molecule has 3 aromatic carbocycles. The van der Waals surface area contributed by atoms with E-state index in [4.69, 9.17) is 5.73 Å². The Labute approximate surface area is 212 Å². The van der Waals surface area contributed by atoms with Gasteiger partial charge in [0.2, 0.25) is 0 Å². The van der Waals surface area contributed by atoms with Gasteiger partial charge in [0.05, 0.1) is 5.69 Å². The summed E-state index contributed by atoms with van der Waals surface area (Å²) in [6.07, 6.45) is 4.40. The zero-order chi connectivity index (χ0) is 25.5. The third kappa shape index (κ3) is 5.89. The van der Waals surface area contributed by atoms with Crippen molar-refractivity contribution < 1.29 is 14.4 Å². The number of nitrogens with zero attached hydrogens (tertiary/aromatic N) is 1. The Bertz CT molecular complexity index is 1160. The van der Waals surface area contributed by atoms with E-state index in [9.17, 15) is 14.4 Å². The number of nitrogens with two attached hydrogens (primary N) is 1. The number of amides is 3. The van der Waals surface area contributed by atoms with Crippen LogP contribution in [-0.4, -0.2) is 30.8 Å². The fraction of sp³-hybridized carbons (Fsp3) is 0.300. The lowest BCUT2D eigenvalue weighted by atomic mass is 9.81. The van der Waals surface area contributed by atoms with E-state index in [0.717, 1.165) is 31.2 Å². The first kappa shape index (κ1) is 25.3. The van der Waals surface area contributed by atoms with Crippen LogP contribution in [0.3, 0.4) is 0 Å². The SMILES string of the molecule is Cc1ccc(C(=O)NCC2CCCC(CN)C2)cc1N(C(=O)c1ccccc1)C(=O)c1ccccc1. The van der Waals surface area contributed by atoms with E-state index in [1.54, 1.807) is 66.7 Å². The lowest BCUT2D eigenvalue weighted by Crippen LogP contribution is -2.38. The lowest BCUT2D eigenvalue weighted by molar-refractivity contribution is 0.0892. The minimum atomic E-state index is -0.444. The molecule has 4 rings (SSSR count). The van der Waals surface area contributed by atoms with Crippen LogP contribution in [0.4, 0.5) is 5.69 Å². The van der Waals surface area contributed by atoms with E-state index in [1.165, 1.54) is 4.90 Å². The van der Waals surface area contributed by atoms with Gasteiger partial charge in [0.15, 0.2) is 0 Å². The Morgan fingerprint density at radius 3 is 2.00 bits per heavy atom. The number of carbonyl (C=O) groups is 3. The third-order valence-corrected chi connectivity index (χ3v) is 6.94. The Morgan fingerprint density at radius 2 is 1.42 bits per heavy atom. The number of hydrogen-bond acceptors (Lipinski definition) is 4. The number of hydrogen-bond donors (Lipinski definition) is 2. The average Bonchev–Trinajstić information content (AvgIpc) is 2.93. The number of benzene rings is 3. The molecule has 6 heteroatoms. The van der Waals surface area contributed by atoms with Gasteiger partial charge in [-0.05, 0) is 86.5 Å². The molecule has 3 N–H and O–H groups in total. The molecule has 1 saturated carbocycles. The molecule has 1 aliphatic rings. The Morgan fingerprint density at radius 1 is 0.833 bits per heavy atom. The number of carbonyl (C=O) groups excluding carboxylic acids is 3. The van der Waals surface area contributed by atoms with Crippen molar-refractivity contribution in [3.8, 4) is 0 Å². The standard InChI is InChI=1S/C30H33N3O3/c1-21-15-16-26(28(34)32-20-23-10-8-9-22(17-23)19-31)18-27(21)33(29(35)24-11-4-2-5-12-24)30(36)25-13-6-3-7-14-25/h2-7,11-16,18,22-23H,8-10,17,19-20,31H2,1H3,(H,32,34). The lowest BCUT2D eigenvalue weighted by Gasteiger charge is -2.28. The zero-order valence-electron chi connectivity index (χ0n) is 20.7. The monoisotopic (exact) mass is 483 g/mol. The van der Waals surface area contributed by atoms with Crippen LogP contribution in [-0.2, 0) is 0 Å². The predicted octanol–water partition coefficient (Wildman–Crippen LogP) is 4.98. The molecular weight excluding hydrogens is 450 g/mol. The van der Waals surface area contributed by atoms with Gasteiger partial charge in [0.25, 0.3) is 17.7 Å². The van der Waals surface area contributed by atoms with Crippen molar-refractivity contribution >= 4 is 23.4 Å². The Hall–Kier alpha value is -3.77. The highest BCUT2D eigenvalue weighted by Crippen LogP contribution is 2.29. The van der Waals surface area contributed by atoms with Crippen LogP contribution in [0.1, 0.15) is 62.3 Å². The molecule has 0 aliphatic heterocycles. The summed E-state index contributed by atoms with van der Waals surface area (Å²) in [7, 11) is 0. The van der Waals surface area contributed by atoms with E-state index in [2.05, 4.69) is 5.32 Å². The van der Waals surface area contributed by atoms with Gasteiger partial charge in [-0.3, -0.25) is 14.4 Å². The number of anilines is 1. The molecular formula is C30H33N3O3. The van der Waals surface area contributed by atoms with Crippen LogP contribution in [0.2, 0.25) is 0 Å². The van der Waals surface area contributed by atoms with E-state index in [0.29, 0.717) is 47.3 Å². The third-order valence-electron chi connectivity index (χ3n) is 6.94. The van der Waals surface area contributed by atoms with Crippen molar-refractivity contribution in [3.63, 3.8) is 0 Å². The van der Waals surface area contributed by atoms with E-state index in [-0.39, 0.29) is 5.91 Å². The van der Waals surface area contributed by atoms with E-state index < -0.39 is 11.8 Å². The largest absolute Gasteiger partial charge is 0.352 e. The summed E-state index contributed by atoms with van der Waals surface area (Å²) in [5, 5.41) is 3.05. The molecule has 6 nitrogen and oxygen atoms in total. The van der Waals surface area contributed by atoms with Crippen LogP contribution in [0.25, 0.3) is 0 Å². The molecule has 0 spiro atoms. The minimum Gasteiger partial charge on any atom is -0.352 e. The van der Waals surface area contributed by atoms with E-state index >= 15 is 0 Å². The maximum absolute atomic E-state index is 13.6. The van der Waals surface area contributed by atoms with Gasteiger partial charge in [0.1, 0.15) is 0 Å². The van der Waals surface area contributed by atoms with Crippen molar-refractivity contribution in [2.45, 2.75) is 32.6 Å². The quantitative estimate of drug-likeness (QED) is 0.464. The molecule has 3 amide bonds. The summed E-state index contributed by atoms with van der Waals surface area (Å²) in [5.41, 5.74) is 8.17. The molecule has 2 unspecified atom stereocenters. The molecule has 186 valence electrons. The Kier molecular flexibility index (Phi) is 8.28. The van der Waals surface area contributed by atoms with Gasteiger partial charge in [0, 0.05) is 23.2 Å². The first-order chi connectivity index (χ1) is 17.5. The van der Waals surface area contributed by atoms with Crippen molar-refractivity contribution in [2.75, 3.05) is 18.0 Å². The molecule has 3 aromatic rings.